The van der Waals surface area contributed by atoms with Gasteiger partial charge in [0, 0.05) is 19.2 Å². The standard InChI is InChI=1S/C24H30ClF5N4O2/c1-4-18-33-19(22(35)32-11-15-7-5-13(2)6-8-15)20(25)34(18)21-17(36-23(26)27)10-16(12-31-21)9-14(3)24(28,29)30/h10,12-15,23H,4-9,11H2,1-3H3,(H,32,35)/t13?,14-,15?/m1/s1. The number of pyridine rings is 1. The SMILES string of the molecule is CCc1nc(C(=O)NCC2CCC(C)CC2)c(Cl)n1-c1ncc(C[C@@H](C)C(F)(F)F)cc1OC(F)F. The molecule has 2 aromatic rings. The van der Waals surface area contributed by atoms with Gasteiger partial charge in [0.25, 0.3) is 5.91 Å². The van der Waals surface area contributed by atoms with E-state index in [9.17, 15) is 26.7 Å². The van der Waals surface area contributed by atoms with Crippen molar-refractivity contribution in [2.24, 2.45) is 17.8 Å². The second-order valence-corrected chi connectivity index (χ2v) is 9.74. The maximum Gasteiger partial charge on any atom is 0.391 e. The molecule has 1 saturated carbocycles. The van der Waals surface area contributed by atoms with Crippen LogP contribution in [0.1, 0.15) is 68.3 Å². The molecule has 2 aromatic heterocycles. The molecule has 1 fully saturated rings. The number of imidazole rings is 1. The highest BCUT2D eigenvalue weighted by Crippen LogP contribution is 2.33. The fraction of sp³-hybridized carbons (Fsp3) is 0.625. The molecule has 0 radical (unpaired) electrons. The summed E-state index contributed by atoms with van der Waals surface area (Å²) < 4.78 is 71.1. The fourth-order valence-electron chi connectivity index (χ4n) is 4.30. The first-order valence-electron chi connectivity index (χ1n) is 12.0. The summed E-state index contributed by atoms with van der Waals surface area (Å²) in [5.74, 6) is -1.57. The summed E-state index contributed by atoms with van der Waals surface area (Å²) in [5, 5.41) is 2.71. The maximum absolute atomic E-state index is 13.2. The molecule has 0 saturated heterocycles. The molecule has 1 aliphatic rings. The van der Waals surface area contributed by atoms with Crippen molar-refractivity contribution in [2.75, 3.05) is 6.54 Å². The molecule has 1 amide bonds. The molecular formula is C24H30ClF5N4O2. The van der Waals surface area contributed by atoms with Gasteiger partial charge in [-0.2, -0.15) is 22.0 Å². The van der Waals surface area contributed by atoms with Crippen molar-refractivity contribution >= 4 is 17.5 Å². The van der Waals surface area contributed by atoms with E-state index in [4.69, 9.17) is 11.6 Å². The summed E-state index contributed by atoms with van der Waals surface area (Å²) >= 11 is 6.48. The highest BCUT2D eigenvalue weighted by molar-refractivity contribution is 6.32. The Bertz CT molecular complexity index is 1050. The molecule has 2 heterocycles. The van der Waals surface area contributed by atoms with Crippen LogP contribution in [0.2, 0.25) is 5.15 Å². The van der Waals surface area contributed by atoms with Gasteiger partial charge >= 0.3 is 12.8 Å². The molecular weight excluding hydrogens is 507 g/mol. The summed E-state index contributed by atoms with van der Waals surface area (Å²) in [5.41, 5.74) is -0.0226. The lowest BCUT2D eigenvalue weighted by atomic mass is 9.83. The van der Waals surface area contributed by atoms with Crippen molar-refractivity contribution in [3.63, 3.8) is 0 Å². The number of ether oxygens (including phenoxy) is 1. The van der Waals surface area contributed by atoms with E-state index in [1.807, 2.05) is 0 Å². The molecule has 0 aliphatic heterocycles. The van der Waals surface area contributed by atoms with Crippen LogP contribution in [0.25, 0.3) is 5.82 Å². The molecule has 1 aliphatic carbocycles. The van der Waals surface area contributed by atoms with Gasteiger partial charge in [-0.15, -0.1) is 0 Å². The van der Waals surface area contributed by atoms with Crippen LogP contribution in [0.4, 0.5) is 22.0 Å². The number of alkyl halides is 5. The highest BCUT2D eigenvalue weighted by Gasteiger charge is 2.36. The summed E-state index contributed by atoms with van der Waals surface area (Å²) in [7, 11) is 0. The zero-order valence-corrected chi connectivity index (χ0v) is 21.1. The number of carbonyl (C=O) groups excluding carboxylic acids is 1. The number of hydrogen-bond acceptors (Lipinski definition) is 4. The number of aromatic nitrogens is 3. The van der Waals surface area contributed by atoms with E-state index >= 15 is 0 Å². The number of rotatable bonds is 9. The van der Waals surface area contributed by atoms with Crippen LogP contribution < -0.4 is 10.1 Å². The second kappa shape index (κ2) is 11.7. The molecule has 1 atom stereocenters. The van der Waals surface area contributed by atoms with Crippen LogP contribution in [0.5, 0.6) is 5.75 Å². The molecule has 36 heavy (non-hydrogen) atoms. The molecule has 0 spiro atoms. The second-order valence-electron chi connectivity index (χ2n) is 9.38. The Morgan fingerprint density at radius 3 is 2.53 bits per heavy atom. The quantitative estimate of drug-likeness (QED) is 0.377. The van der Waals surface area contributed by atoms with Crippen LogP contribution in [0, 0.1) is 17.8 Å². The van der Waals surface area contributed by atoms with E-state index in [-0.39, 0.29) is 34.5 Å². The summed E-state index contributed by atoms with van der Waals surface area (Å²) in [4.78, 5) is 21.2. The van der Waals surface area contributed by atoms with Crippen molar-refractivity contribution in [1.82, 2.24) is 19.9 Å². The monoisotopic (exact) mass is 536 g/mol. The first-order chi connectivity index (χ1) is 16.9. The highest BCUT2D eigenvalue weighted by atomic mass is 35.5. The number of nitrogens with one attached hydrogen (secondary N) is 1. The van der Waals surface area contributed by atoms with Crippen LogP contribution >= 0.6 is 11.6 Å². The number of halogens is 6. The molecule has 1 N–H and O–H groups in total. The van der Waals surface area contributed by atoms with Gasteiger partial charge < -0.3 is 10.1 Å². The Kier molecular flexibility index (Phi) is 9.18. The van der Waals surface area contributed by atoms with Crippen molar-refractivity contribution in [3.8, 4) is 11.6 Å². The predicted molar refractivity (Wildman–Crippen MR) is 125 cm³/mol. The van der Waals surface area contributed by atoms with Crippen LogP contribution in [0.15, 0.2) is 12.3 Å². The summed E-state index contributed by atoms with van der Waals surface area (Å²) in [6.45, 7) is 2.14. The Morgan fingerprint density at radius 2 is 1.94 bits per heavy atom. The first kappa shape index (κ1) is 28.1. The van der Waals surface area contributed by atoms with Gasteiger partial charge in [-0.3, -0.25) is 9.36 Å². The largest absolute Gasteiger partial charge is 0.431 e. The minimum atomic E-state index is -4.45. The first-order valence-corrected chi connectivity index (χ1v) is 12.3. The van der Waals surface area contributed by atoms with Gasteiger partial charge in [0.15, 0.2) is 17.3 Å². The molecule has 0 bridgehead atoms. The molecule has 0 aromatic carbocycles. The van der Waals surface area contributed by atoms with Gasteiger partial charge in [0.2, 0.25) is 0 Å². The molecule has 200 valence electrons. The number of carbonyl (C=O) groups is 1. The van der Waals surface area contributed by atoms with Gasteiger partial charge in [0.1, 0.15) is 11.0 Å². The van der Waals surface area contributed by atoms with Crippen molar-refractivity contribution < 1.29 is 31.5 Å². The minimum absolute atomic E-state index is 0.0632. The van der Waals surface area contributed by atoms with E-state index in [0.29, 0.717) is 18.4 Å². The van der Waals surface area contributed by atoms with Gasteiger partial charge in [0.05, 0.1) is 5.92 Å². The van der Waals surface area contributed by atoms with Crippen LogP contribution in [-0.2, 0) is 12.8 Å². The molecule has 3 rings (SSSR count). The number of hydrogen-bond donors (Lipinski definition) is 1. The van der Waals surface area contributed by atoms with E-state index in [1.54, 1.807) is 6.92 Å². The third kappa shape index (κ3) is 6.86. The Hall–Kier alpha value is -2.43. The third-order valence-electron chi connectivity index (χ3n) is 6.53. The lowest BCUT2D eigenvalue weighted by Crippen LogP contribution is -2.31. The lowest BCUT2D eigenvalue weighted by molar-refractivity contribution is -0.169. The van der Waals surface area contributed by atoms with Crippen LogP contribution in [-0.4, -0.2) is 39.8 Å². The minimum Gasteiger partial charge on any atom is -0.431 e. The summed E-state index contributed by atoms with van der Waals surface area (Å²) in [6.07, 6.45) is 0.735. The molecule has 0 unspecified atom stereocenters. The number of amides is 1. The number of aryl methyl sites for hydroxylation is 1. The number of nitrogens with zero attached hydrogens (tertiary/aromatic N) is 3. The summed E-state index contributed by atoms with van der Waals surface area (Å²) in [6, 6.07) is 1.08. The van der Waals surface area contributed by atoms with E-state index in [2.05, 4.69) is 26.9 Å². The zero-order valence-electron chi connectivity index (χ0n) is 20.3. The Balaban J connectivity index is 1.89. The van der Waals surface area contributed by atoms with E-state index < -0.39 is 36.8 Å². The average molecular weight is 537 g/mol. The van der Waals surface area contributed by atoms with Gasteiger partial charge in [-0.25, -0.2) is 9.97 Å². The Morgan fingerprint density at radius 1 is 1.28 bits per heavy atom. The molecule has 12 heteroatoms. The molecule has 6 nitrogen and oxygen atoms in total. The van der Waals surface area contributed by atoms with Crippen LogP contribution in [0.3, 0.4) is 0 Å². The maximum atomic E-state index is 13.2. The average Bonchev–Trinajstić information content (AvgIpc) is 3.14. The predicted octanol–water partition coefficient (Wildman–Crippen LogP) is 6.38. The zero-order chi connectivity index (χ0) is 26.6. The van der Waals surface area contributed by atoms with Gasteiger partial charge in [-0.05, 0) is 42.7 Å². The van der Waals surface area contributed by atoms with E-state index in [1.165, 1.54) is 4.57 Å². The van der Waals surface area contributed by atoms with Crippen molar-refractivity contribution in [3.05, 3.63) is 34.5 Å². The Labute approximate surface area is 211 Å². The van der Waals surface area contributed by atoms with Crippen molar-refractivity contribution in [2.45, 2.75) is 72.1 Å². The van der Waals surface area contributed by atoms with Gasteiger partial charge in [-0.1, -0.05) is 45.2 Å². The topological polar surface area (TPSA) is 69.0 Å². The lowest BCUT2D eigenvalue weighted by Gasteiger charge is -2.26. The fourth-order valence-corrected chi connectivity index (χ4v) is 4.61. The third-order valence-corrected chi connectivity index (χ3v) is 6.87. The van der Waals surface area contributed by atoms with E-state index in [0.717, 1.165) is 44.9 Å². The smallest absolute Gasteiger partial charge is 0.391 e. The van der Waals surface area contributed by atoms with Crippen molar-refractivity contribution in [1.29, 1.82) is 0 Å². The normalized spacial score (nSPS) is 19.4.